The Bertz CT molecular complexity index is 823. The van der Waals surface area contributed by atoms with Crippen LogP contribution in [0, 0.1) is 6.92 Å². The first-order valence-electron chi connectivity index (χ1n) is 9.69. The molecule has 0 unspecified atom stereocenters. The van der Waals surface area contributed by atoms with Crippen molar-refractivity contribution in [3.8, 4) is 0 Å². The second-order valence-electron chi connectivity index (χ2n) is 7.31. The van der Waals surface area contributed by atoms with Gasteiger partial charge >= 0.3 is 0 Å². The van der Waals surface area contributed by atoms with E-state index in [1.807, 2.05) is 17.7 Å². The molecule has 138 valence electrons. The summed E-state index contributed by atoms with van der Waals surface area (Å²) in [5.74, 6) is 0. The molecule has 0 atom stereocenters. The molecule has 0 N–H and O–H groups in total. The molecule has 0 spiro atoms. The Kier molecular flexibility index (Phi) is 5.29. The van der Waals surface area contributed by atoms with Gasteiger partial charge in [-0.15, -0.1) is 0 Å². The number of pyridine rings is 1. The smallest absolute Gasteiger partial charge is 0.267 e. The number of nitrogens with zero attached hydrogens (tertiary/aromatic N) is 4. The maximum atomic E-state index is 13.1. The van der Waals surface area contributed by atoms with Crippen molar-refractivity contribution in [2.75, 3.05) is 18.0 Å². The first-order valence-corrected chi connectivity index (χ1v) is 10.5. The van der Waals surface area contributed by atoms with E-state index in [0.717, 1.165) is 36.7 Å². The number of aromatic nitrogens is 3. The van der Waals surface area contributed by atoms with Gasteiger partial charge in [0.25, 0.3) is 5.56 Å². The molecular formula is C20H26N4OS. The number of anilines is 1. The third-order valence-electron chi connectivity index (χ3n) is 5.50. The van der Waals surface area contributed by atoms with Gasteiger partial charge in [-0.05, 0) is 44.7 Å². The predicted molar refractivity (Wildman–Crippen MR) is 105 cm³/mol. The van der Waals surface area contributed by atoms with Crippen LogP contribution >= 0.6 is 11.8 Å². The van der Waals surface area contributed by atoms with Crippen molar-refractivity contribution < 1.29 is 0 Å². The van der Waals surface area contributed by atoms with Crippen molar-refractivity contribution in [3.63, 3.8) is 0 Å². The summed E-state index contributed by atoms with van der Waals surface area (Å²) in [7, 11) is 0. The molecule has 2 aromatic rings. The van der Waals surface area contributed by atoms with Crippen LogP contribution in [0.2, 0.25) is 0 Å². The molecule has 0 radical (unpaired) electrons. The summed E-state index contributed by atoms with van der Waals surface area (Å²) in [5, 5.41) is 0.873. The Hall–Kier alpha value is -1.82. The lowest BCUT2D eigenvalue weighted by molar-refractivity contribution is 0.340. The fourth-order valence-corrected chi connectivity index (χ4v) is 4.90. The first-order chi connectivity index (χ1) is 12.7. The van der Waals surface area contributed by atoms with Crippen molar-refractivity contribution in [1.82, 2.24) is 14.5 Å². The minimum Gasteiger partial charge on any atom is -0.371 e. The van der Waals surface area contributed by atoms with Crippen LogP contribution in [0.1, 0.15) is 56.7 Å². The average Bonchev–Trinajstić information content (AvgIpc) is 3.21. The van der Waals surface area contributed by atoms with Crippen LogP contribution in [0.15, 0.2) is 39.4 Å². The normalized spacial score (nSPS) is 18.4. The molecule has 0 aromatic carbocycles. The van der Waals surface area contributed by atoms with E-state index in [2.05, 4.69) is 27.0 Å². The summed E-state index contributed by atoms with van der Waals surface area (Å²) < 4.78 is 1.86. The molecule has 0 amide bonds. The summed E-state index contributed by atoms with van der Waals surface area (Å²) >= 11 is 1.46. The van der Waals surface area contributed by atoms with Gasteiger partial charge in [0, 0.05) is 31.0 Å². The summed E-state index contributed by atoms with van der Waals surface area (Å²) in [6.45, 7) is 4.13. The van der Waals surface area contributed by atoms with E-state index >= 15 is 0 Å². The molecule has 6 heteroatoms. The third kappa shape index (κ3) is 3.65. The Morgan fingerprint density at radius 3 is 2.62 bits per heavy atom. The van der Waals surface area contributed by atoms with E-state index < -0.39 is 0 Å². The van der Waals surface area contributed by atoms with Gasteiger partial charge in [-0.2, -0.15) is 0 Å². The van der Waals surface area contributed by atoms with Gasteiger partial charge in [0.2, 0.25) is 0 Å². The highest BCUT2D eigenvalue weighted by molar-refractivity contribution is 7.99. The van der Waals surface area contributed by atoms with E-state index in [9.17, 15) is 4.79 Å². The van der Waals surface area contributed by atoms with E-state index in [-0.39, 0.29) is 5.56 Å². The third-order valence-corrected chi connectivity index (χ3v) is 6.60. The fourth-order valence-electron chi connectivity index (χ4n) is 4.00. The molecule has 2 fully saturated rings. The molecule has 0 bridgehead atoms. The lowest BCUT2D eigenvalue weighted by Crippen LogP contribution is -2.28. The number of aryl methyl sites for hydroxylation is 1. The second-order valence-corrected chi connectivity index (χ2v) is 8.34. The van der Waals surface area contributed by atoms with Crippen molar-refractivity contribution in [1.29, 1.82) is 0 Å². The zero-order valence-electron chi connectivity index (χ0n) is 15.4. The van der Waals surface area contributed by atoms with Crippen LogP contribution in [0.25, 0.3) is 0 Å². The van der Waals surface area contributed by atoms with Gasteiger partial charge in [-0.25, -0.2) is 9.97 Å². The Balaban J connectivity index is 1.61. The van der Waals surface area contributed by atoms with Crippen LogP contribution in [0.5, 0.6) is 0 Å². The molecule has 4 rings (SSSR count). The molecule has 1 saturated carbocycles. The maximum absolute atomic E-state index is 13.1. The monoisotopic (exact) mass is 370 g/mol. The summed E-state index contributed by atoms with van der Waals surface area (Å²) in [6.07, 6.45) is 11.9. The quantitative estimate of drug-likeness (QED) is 0.807. The highest BCUT2D eigenvalue weighted by atomic mass is 32.2. The molecule has 2 aliphatic rings. The van der Waals surface area contributed by atoms with Gasteiger partial charge in [0.05, 0.1) is 12.0 Å². The van der Waals surface area contributed by atoms with Crippen molar-refractivity contribution in [3.05, 3.63) is 40.7 Å². The van der Waals surface area contributed by atoms with Crippen LogP contribution in [0.3, 0.4) is 0 Å². The van der Waals surface area contributed by atoms with E-state index in [4.69, 9.17) is 0 Å². The number of hydrogen-bond donors (Lipinski definition) is 0. The Morgan fingerprint density at radius 2 is 1.85 bits per heavy atom. The zero-order valence-corrected chi connectivity index (χ0v) is 16.2. The van der Waals surface area contributed by atoms with Crippen LogP contribution in [-0.2, 0) is 0 Å². The molecule has 1 aliphatic heterocycles. The maximum Gasteiger partial charge on any atom is 0.267 e. The highest BCUT2D eigenvalue weighted by Gasteiger charge is 2.20. The van der Waals surface area contributed by atoms with Crippen LogP contribution in [0.4, 0.5) is 5.69 Å². The van der Waals surface area contributed by atoms with Crippen molar-refractivity contribution in [2.24, 2.45) is 0 Å². The predicted octanol–water partition coefficient (Wildman–Crippen LogP) is 4.20. The summed E-state index contributed by atoms with van der Waals surface area (Å²) in [4.78, 5) is 25.2. The molecule has 1 saturated heterocycles. The molecule has 2 aromatic heterocycles. The van der Waals surface area contributed by atoms with E-state index in [1.54, 1.807) is 6.33 Å². The molecule has 3 heterocycles. The van der Waals surface area contributed by atoms with Crippen molar-refractivity contribution >= 4 is 17.4 Å². The molecule has 1 aliphatic carbocycles. The molecular weight excluding hydrogens is 344 g/mol. The van der Waals surface area contributed by atoms with Crippen LogP contribution < -0.4 is 10.5 Å². The SMILES string of the molecule is Cc1ncn(C2CCCCC2)c(=O)c1Sc1cc(N2CCCC2)ccn1. The minimum atomic E-state index is 0.0859. The zero-order chi connectivity index (χ0) is 17.9. The standard InChI is InChI=1S/C20H26N4OS/c1-15-19(20(25)24(14-22-15)16-7-3-2-4-8-16)26-18-13-17(9-10-21-18)23-11-5-6-12-23/h9-10,13-14,16H,2-8,11-12H2,1H3. The van der Waals surface area contributed by atoms with Gasteiger partial charge in [0.15, 0.2) is 0 Å². The number of rotatable bonds is 4. The second kappa shape index (κ2) is 7.82. The topological polar surface area (TPSA) is 51.0 Å². The van der Waals surface area contributed by atoms with Crippen molar-refractivity contribution in [2.45, 2.75) is 67.8 Å². The average molecular weight is 371 g/mol. The van der Waals surface area contributed by atoms with Crippen LogP contribution in [-0.4, -0.2) is 27.6 Å². The fraction of sp³-hybridized carbons (Fsp3) is 0.550. The van der Waals surface area contributed by atoms with E-state index in [0.29, 0.717) is 10.9 Å². The largest absolute Gasteiger partial charge is 0.371 e. The molecule has 26 heavy (non-hydrogen) atoms. The van der Waals surface area contributed by atoms with Gasteiger partial charge in [-0.3, -0.25) is 9.36 Å². The highest BCUT2D eigenvalue weighted by Crippen LogP contribution is 2.31. The minimum absolute atomic E-state index is 0.0859. The van der Waals surface area contributed by atoms with Gasteiger partial charge in [0.1, 0.15) is 9.92 Å². The molecule has 5 nitrogen and oxygen atoms in total. The number of hydrogen-bond acceptors (Lipinski definition) is 5. The first kappa shape index (κ1) is 17.6. The van der Waals surface area contributed by atoms with Gasteiger partial charge < -0.3 is 4.90 Å². The van der Waals surface area contributed by atoms with E-state index in [1.165, 1.54) is 49.6 Å². The summed E-state index contributed by atoms with van der Waals surface area (Å²) in [5.41, 5.74) is 2.08. The Morgan fingerprint density at radius 1 is 1.08 bits per heavy atom. The lowest BCUT2D eigenvalue weighted by Gasteiger charge is -2.24. The lowest BCUT2D eigenvalue weighted by atomic mass is 9.95. The summed E-state index contributed by atoms with van der Waals surface area (Å²) in [6, 6.07) is 4.46. The van der Waals surface area contributed by atoms with Gasteiger partial charge in [-0.1, -0.05) is 31.0 Å². The Labute approximate surface area is 158 Å².